The van der Waals surface area contributed by atoms with Gasteiger partial charge in [-0.25, -0.2) is 0 Å². The quantitative estimate of drug-likeness (QED) is 0.619. The molecule has 0 heterocycles. The summed E-state index contributed by atoms with van der Waals surface area (Å²) in [6, 6.07) is 0. The summed E-state index contributed by atoms with van der Waals surface area (Å²) in [5.41, 5.74) is 0. The highest BCUT2D eigenvalue weighted by atomic mass is 14.4. The van der Waals surface area contributed by atoms with Crippen LogP contribution in [0, 0.1) is 23.7 Å². The molecule has 2 atom stereocenters. The molecule has 3 saturated carbocycles. The molecule has 0 saturated heterocycles. The largest absolute Gasteiger partial charge is 0.0530 e. The molecule has 80 valence electrons. The van der Waals surface area contributed by atoms with E-state index in [1.54, 1.807) is 64.2 Å². The monoisotopic (exact) mass is 192 g/mol. The molecule has 0 aromatic heterocycles. The van der Waals surface area contributed by atoms with E-state index in [9.17, 15) is 0 Å². The van der Waals surface area contributed by atoms with Crippen molar-refractivity contribution in [3.63, 3.8) is 0 Å². The first-order valence-electron chi connectivity index (χ1n) is 6.93. The second-order valence-corrected chi connectivity index (χ2v) is 6.07. The lowest BCUT2D eigenvalue weighted by molar-refractivity contribution is 0.193. The lowest BCUT2D eigenvalue weighted by atomic mass is 9.74. The van der Waals surface area contributed by atoms with Crippen molar-refractivity contribution in [2.24, 2.45) is 23.7 Å². The molecule has 0 spiro atoms. The normalized spacial score (nSPS) is 38.6. The minimum Gasteiger partial charge on any atom is -0.0530 e. The van der Waals surface area contributed by atoms with Gasteiger partial charge in [-0.15, -0.1) is 0 Å². The predicted octanol–water partition coefficient (Wildman–Crippen LogP) is 4.39. The van der Waals surface area contributed by atoms with Crippen molar-refractivity contribution in [1.29, 1.82) is 0 Å². The number of hydrogen-bond acceptors (Lipinski definition) is 0. The molecule has 14 heavy (non-hydrogen) atoms. The van der Waals surface area contributed by atoms with Crippen molar-refractivity contribution in [3.8, 4) is 0 Å². The van der Waals surface area contributed by atoms with Gasteiger partial charge in [0.05, 0.1) is 0 Å². The smallest absolute Gasteiger partial charge is 0.0357 e. The fraction of sp³-hybridized carbons (Fsp3) is 1.00. The summed E-state index contributed by atoms with van der Waals surface area (Å²) in [7, 11) is 0. The van der Waals surface area contributed by atoms with E-state index in [1.807, 2.05) is 0 Å². The van der Waals surface area contributed by atoms with Gasteiger partial charge >= 0.3 is 0 Å². The molecule has 0 aliphatic heterocycles. The third-order valence-corrected chi connectivity index (χ3v) is 4.84. The molecule has 0 bridgehead atoms. The van der Waals surface area contributed by atoms with Crippen LogP contribution in [-0.4, -0.2) is 0 Å². The van der Waals surface area contributed by atoms with Crippen molar-refractivity contribution in [1.82, 2.24) is 0 Å². The fourth-order valence-electron chi connectivity index (χ4n) is 3.60. The van der Waals surface area contributed by atoms with Gasteiger partial charge in [-0.2, -0.15) is 0 Å². The van der Waals surface area contributed by atoms with E-state index in [0.29, 0.717) is 0 Å². The average molecular weight is 192 g/mol. The van der Waals surface area contributed by atoms with Crippen LogP contribution in [0.15, 0.2) is 0 Å². The summed E-state index contributed by atoms with van der Waals surface area (Å²) in [6.45, 7) is 0. The molecule has 3 fully saturated rings. The van der Waals surface area contributed by atoms with Gasteiger partial charge in [-0.1, -0.05) is 38.5 Å². The van der Waals surface area contributed by atoms with Crippen LogP contribution in [0.25, 0.3) is 0 Å². The lowest BCUT2D eigenvalue weighted by Crippen LogP contribution is -2.21. The Bertz CT molecular complexity index is 188. The van der Waals surface area contributed by atoms with Crippen LogP contribution < -0.4 is 0 Å². The predicted molar refractivity (Wildman–Crippen MR) is 60.1 cm³/mol. The van der Waals surface area contributed by atoms with Crippen LogP contribution in [0.5, 0.6) is 0 Å². The molecule has 3 rings (SSSR count). The maximum absolute atomic E-state index is 1.59. The second kappa shape index (κ2) is 3.87. The van der Waals surface area contributed by atoms with Gasteiger partial charge < -0.3 is 0 Å². The molecule has 0 amide bonds. The third kappa shape index (κ3) is 2.15. The zero-order valence-corrected chi connectivity index (χ0v) is 9.38. The minimum atomic E-state index is 1.15. The van der Waals surface area contributed by atoms with E-state index in [-0.39, 0.29) is 0 Å². The van der Waals surface area contributed by atoms with Crippen LogP contribution >= 0.6 is 0 Å². The summed E-state index contributed by atoms with van der Waals surface area (Å²) < 4.78 is 0. The third-order valence-electron chi connectivity index (χ3n) is 4.84. The fourth-order valence-corrected chi connectivity index (χ4v) is 3.60. The Morgan fingerprint density at radius 2 is 1.50 bits per heavy atom. The van der Waals surface area contributed by atoms with Gasteiger partial charge in [0.1, 0.15) is 0 Å². The molecule has 0 radical (unpaired) electrons. The molecule has 0 aromatic rings. The molecule has 0 aromatic carbocycles. The number of rotatable bonds is 4. The highest BCUT2D eigenvalue weighted by Crippen LogP contribution is 2.49. The van der Waals surface area contributed by atoms with Crippen LogP contribution in [-0.2, 0) is 0 Å². The Morgan fingerprint density at radius 3 is 2.21 bits per heavy atom. The molecular formula is C14H24. The highest BCUT2D eigenvalue weighted by Gasteiger charge is 2.37. The minimum absolute atomic E-state index is 1.15. The van der Waals surface area contributed by atoms with E-state index in [0.717, 1.165) is 11.8 Å². The summed E-state index contributed by atoms with van der Waals surface area (Å²) in [5, 5.41) is 0. The SMILES string of the molecule is C1CCC(C2CC2)C(CCC2CC2)C1. The van der Waals surface area contributed by atoms with Crippen molar-refractivity contribution >= 4 is 0 Å². The Balaban J connectivity index is 1.50. The molecule has 2 unspecified atom stereocenters. The summed E-state index contributed by atoms with van der Waals surface area (Å²) in [5.74, 6) is 4.66. The maximum atomic E-state index is 1.59. The molecular weight excluding hydrogens is 168 g/mol. The van der Waals surface area contributed by atoms with Gasteiger partial charge in [0.25, 0.3) is 0 Å². The summed E-state index contributed by atoms with van der Waals surface area (Å²) in [4.78, 5) is 0. The van der Waals surface area contributed by atoms with Crippen molar-refractivity contribution in [2.45, 2.75) is 64.2 Å². The molecule has 0 N–H and O–H groups in total. The zero-order valence-electron chi connectivity index (χ0n) is 9.38. The zero-order chi connectivity index (χ0) is 9.38. The lowest BCUT2D eigenvalue weighted by Gasteiger charge is -2.31. The van der Waals surface area contributed by atoms with E-state index >= 15 is 0 Å². The number of hydrogen-bond donors (Lipinski definition) is 0. The van der Waals surface area contributed by atoms with Crippen molar-refractivity contribution < 1.29 is 0 Å². The average Bonchev–Trinajstić information content (AvgIpc) is 3.07. The molecule has 3 aliphatic rings. The van der Waals surface area contributed by atoms with E-state index in [2.05, 4.69) is 0 Å². The van der Waals surface area contributed by atoms with Gasteiger partial charge in [0, 0.05) is 0 Å². The first kappa shape index (κ1) is 9.24. The highest BCUT2D eigenvalue weighted by molar-refractivity contribution is 4.88. The standard InChI is InChI=1S/C14H24/c1-2-4-14(13-9-10-13)12(3-1)8-7-11-5-6-11/h11-14H,1-10H2. The maximum Gasteiger partial charge on any atom is -0.0357 e. The Labute approximate surface area is 88.5 Å². The van der Waals surface area contributed by atoms with Crippen molar-refractivity contribution in [2.75, 3.05) is 0 Å². The Morgan fingerprint density at radius 1 is 0.714 bits per heavy atom. The molecule has 3 aliphatic carbocycles. The van der Waals surface area contributed by atoms with Gasteiger partial charge in [0.2, 0.25) is 0 Å². The Hall–Kier alpha value is 0. The molecule has 0 nitrogen and oxygen atoms in total. The van der Waals surface area contributed by atoms with Crippen LogP contribution in [0.2, 0.25) is 0 Å². The van der Waals surface area contributed by atoms with Crippen LogP contribution in [0.3, 0.4) is 0 Å². The van der Waals surface area contributed by atoms with Crippen molar-refractivity contribution in [3.05, 3.63) is 0 Å². The van der Waals surface area contributed by atoms with Gasteiger partial charge in [0.15, 0.2) is 0 Å². The van der Waals surface area contributed by atoms with E-state index in [1.165, 1.54) is 11.8 Å². The van der Waals surface area contributed by atoms with Gasteiger partial charge in [-0.3, -0.25) is 0 Å². The van der Waals surface area contributed by atoms with E-state index in [4.69, 9.17) is 0 Å². The van der Waals surface area contributed by atoms with Crippen LogP contribution in [0.4, 0.5) is 0 Å². The summed E-state index contributed by atoms with van der Waals surface area (Å²) >= 11 is 0. The first-order chi connectivity index (χ1) is 6.93. The topological polar surface area (TPSA) is 0 Å². The first-order valence-corrected chi connectivity index (χ1v) is 6.93. The second-order valence-electron chi connectivity index (χ2n) is 6.07. The van der Waals surface area contributed by atoms with E-state index < -0.39 is 0 Å². The molecule has 0 heteroatoms. The van der Waals surface area contributed by atoms with Crippen LogP contribution in [0.1, 0.15) is 64.2 Å². The summed E-state index contributed by atoms with van der Waals surface area (Å²) in [6.07, 6.45) is 15.7. The van der Waals surface area contributed by atoms with Gasteiger partial charge in [-0.05, 0) is 49.4 Å². The Kier molecular flexibility index (Phi) is 2.55.